The molecule has 5 nitrogen and oxygen atoms in total. The Morgan fingerprint density at radius 3 is 3.12 bits per heavy atom. The Balaban J connectivity index is 2.39. The molecule has 0 saturated heterocycles. The summed E-state index contributed by atoms with van der Waals surface area (Å²) in [7, 11) is 1.60. The molecule has 0 unspecified atom stereocenters. The van der Waals surface area contributed by atoms with Gasteiger partial charge in [0.1, 0.15) is 5.75 Å². The van der Waals surface area contributed by atoms with Crippen molar-refractivity contribution in [1.82, 2.24) is 10.3 Å². The summed E-state index contributed by atoms with van der Waals surface area (Å²) in [5, 5.41) is 3.22. The van der Waals surface area contributed by atoms with E-state index in [1.807, 2.05) is 0 Å². The summed E-state index contributed by atoms with van der Waals surface area (Å²) in [6.45, 7) is 3.69. The van der Waals surface area contributed by atoms with Gasteiger partial charge in [-0.1, -0.05) is 0 Å². The first-order chi connectivity index (χ1) is 8.26. The molecule has 2 heterocycles. The molecule has 17 heavy (non-hydrogen) atoms. The number of carbonyl (C=O) groups is 1. The fraction of sp³-hybridized carbons (Fsp3) is 0.500. The second-order valence-electron chi connectivity index (χ2n) is 3.78. The number of aromatic nitrogens is 1. The van der Waals surface area contributed by atoms with Crippen LogP contribution in [0.25, 0.3) is 0 Å². The lowest BCUT2D eigenvalue weighted by atomic mass is 10.0. The van der Waals surface area contributed by atoms with Crippen LogP contribution in [-0.2, 0) is 17.7 Å². The zero-order chi connectivity index (χ0) is 12.3. The predicted molar refractivity (Wildman–Crippen MR) is 62.2 cm³/mol. The number of hydrogen-bond donors (Lipinski definition) is 1. The third-order valence-electron chi connectivity index (χ3n) is 2.72. The number of nitrogens with one attached hydrogen (secondary N) is 1. The molecule has 1 aromatic heterocycles. The van der Waals surface area contributed by atoms with Gasteiger partial charge in [0.15, 0.2) is 5.69 Å². The Hall–Kier alpha value is -1.62. The van der Waals surface area contributed by atoms with Gasteiger partial charge in [0.05, 0.1) is 19.4 Å². The summed E-state index contributed by atoms with van der Waals surface area (Å²) in [6, 6.07) is 1.65. The number of esters is 1. The Morgan fingerprint density at radius 2 is 2.41 bits per heavy atom. The molecule has 0 saturated carbocycles. The maximum atomic E-state index is 11.6. The number of nitrogens with zero attached hydrogens (tertiary/aromatic N) is 1. The molecule has 1 aliphatic rings. The van der Waals surface area contributed by atoms with Crippen LogP contribution in [0, 0.1) is 0 Å². The van der Waals surface area contributed by atoms with Gasteiger partial charge in [0.25, 0.3) is 0 Å². The van der Waals surface area contributed by atoms with Gasteiger partial charge < -0.3 is 14.8 Å². The molecule has 0 spiro atoms. The molecule has 0 bridgehead atoms. The van der Waals surface area contributed by atoms with Crippen LogP contribution in [0.1, 0.15) is 28.7 Å². The molecule has 0 radical (unpaired) electrons. The number of rotatable bonds is 3. The van der Waals surface area contributed by atoms with Crippen LogP contribution < -0.4 is 10.1 Å². The van der Waals surface area contributed by atoms with Gasteiger partial charge in [0.2, 0.25) is 0 Å². The van der Waals surface area contributed by atoms with E-state index in [-0.39, 0.29) is 0 Å². The highest BCUT2D eigenvalue weighted by Crippen LogP contribution is 2.25. The molecule has 0 amide bonds. The lowest BCUT2D eigenvalue weighted by molar-refractivity contribution is 0.0518. The largest absolute Gasteiger partial charge is 0.496 e. The Morgan fingerprint density at radius 1 is 1.59 bits per heavy atom. The first-order valence-corrected chi connectivity index (χ1v) is 5.71. The summed E-state index contributed by atoms with van der Waals surface area (Å²) < 4.78 is 10.2. The average molecular weight is 236 g/mol. The fourth-order valence-electron chi connectivity index (χ4n) is 1.92. The second-order valence-corrected chi connectivity index (χ2v) is 3.78. The highest BCUT2D eigenvalue weighted by atomic mass is 16.5. The normalized spacial score (nSPS) is 14.0. The first-order valence-electron chi connectivity index (χ1n) is 5.71. The molecule has 1 aromatic rings. The van der Waals surface area contributed by atoms with Crippen LogP contribution in [0.15, 0.2) is 6.07 Å². The fourth-order valence-corrected chi connectivity index (χ4v) is 1.92. The summed E-state index contributed by atoms with van der Waals surface area (Å²) in [4.78, 5) is 16.0. The van der Waals surface area contributed by atoms with Crippen LogP contribution in [0.5, 0.6) is 5.75 Å². The quantitative estimate of drug-likeness (QED) is 0.790. The first kappa shape index (κ1) is 11.9. The second kappa shape index (κ2) is 5.14. The minimum Gasteiger partial charge on any atom is -0.496 e. The van der Waals surface area contributed by atoms with Crippen molar-refractivity contribution in [3.63, 3.8) is 0 Å². The maximum Gasteiger partial charge on any atom is 0.357 e. The maximum absolute atomic E-state index is 11.6. The lowest BCUT2D eigenvalue weighted by Crippen LogP contribution is -2.26. The number of carbonyl (C=O) groups excluding carboxylic acids is 1. The molecule has 0 aromatic carbocycles. The van der Waals surface area contributed by atoms with Gasteiger partial charge in [-0.05, 0) is 19.9 Å². The van der Waals surface area contributed by atoms with Gasteiger partial charge >= 0.3 is 5.97 Å². The zero-order valence-electron chi connectivity index (χ0n) is 10.1. The van der Waals surface area contributed by atoms with Gasteiger partial charge in [-0.25, -0.2) is 9.78 Å². The summed E-state index contributed by atoms with van der Waals surface area (Å²) in [6.07, 6.45) is 0.870. The van der Waals surface area contributed by atoms with Crippen LogP contribution in [0.2, 0.25) is 0 Å². The number of ether oxygens (including phenoxy) is 2. The molecule has 1 aliphatic heterocycles. The summed E-state index contributed by atoms with van der Waals surface area (Å²) >= 11 is 0. The van der Waals surface area contributed by atoms with Crippen molar-refractivity contribution >= 4 is 5.97 Å². The Labute approximate surface area is 100 Å². The lowest BCUT2D eigenvalue weighted by Gasteiger charge is -2.19. The van der Waals surface area contributed by atoms with Gasteiger partial charge in [-0.3, -0.25) is 0 Å². The number of fused-ring (bicyclic) bond motifs is 1. The Kier molecular flexibility index (Phi) is 3.58. The van der Waals surface area contributed by atoms with E-state index in [0.717, 1.165) is 30.0 Å². The highest BCUT2D eigenvalue weighted by Gasteiger charge is 2.19. The minimum absolute atomic E-state index is 0.311. The van der Waals surface area contributed by atoms with E-state index < -0.39 is 5.97 Å². The third-order valence-corrected chi connectivity index (χ3v) is 2.72. The molecule has 1 N–H and O–H groups in total. The molecule has 2 rings (SSSR count). The average Bonchev–Trinajstić information content (AvgIpc) is 2.37. The minimum atomic E-state index is -0.404. The topological polar surface area (TPSA) is 60.5 Å². The summed E-state index contributed by atoms with van der Waals surface area (Å²) in [5.74, 6) is 0.318. The smallest absolute Gasteiger partial charge is 0.357 e. The van der Waals surface area contributed by atoms with Crippen molar-refractivity contribution in [1.29, 1.82) is 0 Å². The van der Waals surface area contributed by atoms with E-state index >= 15 is 0 Å². The van der Waals surface area contributed by atoms with Crippen molar-refractivity contribution in [3.05, 3.63) is 23.0 Å². The van der Waals surface area contributed by atoms with Crippen molar-refractivity contribution in [2.45, 2.75) is 19.9 Å². The standard InChI is InChI=1S/C12H16N2O3/c1-3-17-12(15)9-6-11(16-2)8-4-5-13-7-10(8)14-9/h6,13H,3-5,7H2,1-2H3. The molecule has 92 valence electrons. The monoisotopic (exact) mass is 236 g/mol. The van der Waals surface area contributed by atoms with Crippen molar-refractivity contribution in [2.24, 2.45) is 0 Å². The van der Waals surface area contributed by atoms with Gasteiger partial charge in [-0.15, -0.1) is 0 Å². The number of methoxy groups -OCH3 is 1. The zero-order valence-corrected chi connectivity index (χ0v) is 10.1. The molecular formula is C12H16N2O3. The summed E-state index contributed by atoms with van der Waals surface area (Å²) in [5.41, 5.74) is 2.27. The van der Waals surface area contributed by atoms with Crippen molar-refractivity contribution in [3.8, 4) is 5.75 Å². The van der Waals surface area contributed by atoms with Crippen LogP contribution in [-0.4, -0.2) is 31.2 Å². The molecule has 5 heteroatoms. The predicted octanol–water partition coefficient (Wildman–Crippen LogP) is 0.913. The number of pyridine rings is 1. The molecule has 0 fully saturated rings. The van der Waals surface area contributed by atoms with E-state index in [1.54, 1.807) is 20.1 Å². The SMILES string of the molecule is CCOC(=O)c1cc(OC)c2c(n1)CNCC2. The van der Waals surface area contributed by atoms with Crippen molar-refractivity contribution in [2.75, 3.05) is 20.3 Å². The third kappa shape index (κ3) is 2.39. The molecular weight excluding hydrogens is 220 g/mol. The van der Waals surface area contributed by atoms with Crippen LogP contribution in [0.4, 0.5) is 0 Å². The van der Waals surface area contributed by atoms with E-state index in [4.69, 9.17) is 9.47 Å². The Bertz CT molecular complexity index is 415. The van der Waals surface area contributed by atoms with E-state index in [9.17, 15) is 4.79 Å². The molecule has 0 aliphatic carbocycles. The number of hydrogen-bond acceptors (Lipinski definition) is 5. The van der Waals surface area contributed by atoms with Crippen LogP contribution in [0.3, 0.4) is 0 Å². The van der Waals surface area contributed by atoms with Gasteiger partial charge in [-0.2, -0.15) is 0 Å². The highest BCUT2D eigenvalue weighted by molar-refractivity contribution is 5.88. The molecule has 0 atom stereocenters. The van der Waals surface area contributed by atoms with E-state index in [0.29, 0.717) is 18.8 Å². The van der Waals surface area contributed by atoms with Crippen molar-refractivity contribution < 1.29 is 14.3 Å². The van der Waals surface area contributed by atoms with Crippen LogP contribution >= 0.6 is 0 Å². The van der Waals surface area contributed by atoms with Gasteiger partial charge in [0, 0.05) is 18.2 Å². The van der Waals surface area contributed by atoms with E-state index in [2.05, 4.69) is 10.3 Å². The van der Waals surface area contributed by atoms with E-state index in [1.165, 1.54) is 0 Å².